The number of benzene rings is 3. The van der Waals surface area contributed by atoms with Crippen molar-refractivity contribution in [2.45, 2.75) is 25.7 Å². The molecule has 31 heavy (non-hydrogen) atoms. The second kappa shape index (κ2) is 9.76. The molecule has 0 amide bonds. The molecule has 0 aliphatic rings. The van der Waals surface area contributed by atoms with Gasteiger partial charge in [0.15, 0.2) is 3.57 Å². The zero-order valence-electron chi connectivity index (χ0n) is 17.3. The molecule has 0 unspecified atom stereocenters. The van der Waals surface area contributed by atoms with Gasteiger partial charge in [-0.2, -0.15) is 0 Å². The third-order valence-corrected chi connectivity index (χ3v) is 8.55. The van der Waals surface area contributed by atoms with E-state index < -0.39 is 31.3 Å². The molecular weight excluding hydrogens is 525 g/mol. The van der Waals surface area contributed by atoms with Crippen LogP contribution in [-0.4, -0.2) is 18.0 Å². The molecule has 0 fully saturated rings. The molecule has 0 saturated heterocycles. The van der Waals surface area contributed by atoms with Crippen LogP contribution >= 0.6 is 0 Å². The van der Waals surface area contributed by atoms with Gasteiger partial charge < -0.3 is 9.54 Å². The Labute approximate surface area is 192 Å². The highest BCUT2D eigenvalue weighted by Crippen LogP contribution is 2.10. The molecule has 0 atom stereocenters. The van der Waals surface area contributed by atoms with E-state index in [2.05, 4.69) is 17.1 Å². The summed E-state index contributed by atoms with van der Waals surface area (Å²) in [5.41, 5.74) is 4.17. The van der Waals surface area contributed by atoms with Gasteiger partial charge in [-0.1, -0.05) is 47.5 Å². The van der Waals surface area contributed by atoms with Gasteiger partial charge in [0.25, 0.3) is 3.57 Å². The summed E-state index contributed by atoms with van der Waals surface area (Å²) in [7, 11) is -4.27. The number of aromatic nitrogens is 1. The van der Waals surface area contributed by atoms with Crippen molar-refractivity contribution >= 4 is 21.0 Å². The summed E-state index contributed by atoms with van der Waals surface area (Å²) in [5.74, 6) is 0. The smallest absolute Gasteiger partial charge is 0.364 e. The first kappa shape index (κ1) is 23.2. The topological polar surface area (TPSA) is 90.1 Å². The summed E-state index contributed by atoms with van der Waals surface area (Å²) < 4.78 is 33.4. The number of hydrogen-bond donors (Lipinski definition) is 1. The maximum atomic E-state index is 12.7. The van der Waals surface area contributed by atoms with Gasteiger partial charge in [-0.3, -0.25) is 4.79 Å². The summed E-state index contributed by atoms with van der Waals surface area (Å²) in [6.07, 6.45) is 0. The molecule has 3 aromatic carbocycles. The number of rotatable bonds is 3. The molecule has 0 spiro atoms. The lowest BCUT2D eigenvalue weighted by molar-refractivity contribution is -0.599. The van der Waals surface area contributed by atoms with Crippen molar-refractivity contribution in [3.05, 3.63) is 107 Å². The average Bonchev–Trinajstić information content (AvgIpc) is 2.73. The van der Waals surface area contributed by atoms with Gasteiger partial charge in [0.05, 0.1) is 16.0 Å². The molecular formula is C24H22INO4S. The molecule has 0 aliphatic carbocycles. The Morgan fingerprint density at radius 1 is 0.839 bits per heavy atom. The predicted molar refractivity (Wildman–Crippen MR) is 117 cm³/mol. The molecule has 4 rings (SSSR count). The lowest BCUT2D eigenvalue weighted by Crippen LogP contribution is -3.62. The maximum absolute atomic E-state index is 12.7. The van der Waals surface area contributed by atoms with Crippen molar-refractivity contribution in [2.75, 3.05) is 0 Å². The molecule has 1 aromatic heterocycles. The van der Waals surface area contributed by atoms with Crippen LogP contribution in [0, 0.1) is 27.9 Å². The fraction of sp³-hybridized carbons (Fsp3) is 0.125. The Bertz CT molecular complexity index is 1360. The highest BCUT2D eigenvalue weighted by atomic mass is 127. The minimum atomic E-state index is -4.27. The summed E-state index contributed by atoms with van der Waals surface area (Å²) in [6, 6.07) is 22.1. The van der Waals surface area contributed by atoms with Crippen molar-refractivity contribution in [3.63, 3.8) is 0 Å². The van der Waals surface area contributed by atoms with Crippen molar-refractivity contribution in [3.8, 4) is 0 Å². The monoisotopic (exact) mass is 547 g/mol. The van der Waals surface area contributed by atoms with Gasteiger partial charge in [-0.05, 0) is 57.2 Å². The standard InChI is InChI=1S/C17H14INO.C7H8O3S/c1-11-8-9-15-14(10-11)17(20)16(12(2)19-15)18-13-6-4-3-5-7-13;1-6-2-4-7(5-3-6)11(8,9)10/h3-10H,1-2H3;2-5H,1H3,(H,8,9,10). The number of nitrogens with one attached hydrogen (secondary N) is 1. The lowest BCUT2D eigenvalue weighted by Gasteiger charge is -2.05. The molecule has 4 aromatic rings. The zero-order valence-corrected chi connectivity index (χ0v) is 20.3. The molecule has 5 nitrogen and oxygen atoms in total. The fourth-order valence-electron chi connectivity index (χ4n) is 2.91. The second-order valence-electron chi connectivity index (χ2n) is 7.10. The molecule has 0 radical (unpaired) electrons. The van der Waals surface area contributed by atoms with Crippen LogP contribution in [0.25, 0.3) is 10.9 Å². The summed E-state index contributed by atoms with van der Waals surface area (Å²) in [6.45, 7) is 5.84. The minimum absolute atomic E-state index is 0.178. The van der Waals surface area contributed by atoms with E-state index in [9.17, 15) is 17.8 Å². The van der Waals surface area contributed by atoms with Crippen molar-refractivity contribution < 1.29 is 34.2 Å². The highest BCUT2D eigenvalue weighted by Gasteiger charge is 2.24. The maximum Gasteiger partial charge on any atom is 0.364 e. The summed E-state index contributed by atoms with van der Waals surface area (Å²) in [5, 5.41) is 0.807. The summed E-state index contributed by atoms with van der Waals surface area (Å²) in [4.78, 5) is 15.9. The van der Waals surface area contributed by atoms with E-state index in [-0.39, 0.29) is 10.3 Å². The number of H-pyrrole nitrogens is 1. The average molecular weight is 547 g/mol. The normalized spacial score (nSPS) is 11.1. The van der Waals surface area contributed by atoms with E-state index in [1.165, 1.54) is 15.7 Å². The van der Waals surface area contributed by atoms with Crippen molar-refractivity contribution in [2.24, 2.45) is 0 Å². The number of hydrogen-bond acceptors (Lipinski definition) is 4. The first-order chi connectivity index (χ1) is 14.6. The van der Waals surface area contributed by atoms with Crippen LogP contribution in [0.1, 0.15) is 16.8 Å². The van der Waals surface area contributed by atoms with E-state index in [4.69, 9.17) is 0 Å². The van der Waals surface area contributed by atoms with E-state index in [0.717, 1.165) is 31.3 Å². The predicted octanol–water partition coefficient (Wildman–Crippen LogP) is 1.17. The highest BCUT2D eigenvalue weighted by molar-refractivity contribution is 7.85. The first-order valence-electron chi connectivity index (χ1n) is 9.51. The van der Waals surface area contributed by atoms with Gasteiger partial charge in [0, 0.05) is 5.52 Å². The van der Waals surface area contributed by atoms with Gasteiger partial charge in [0.2, 0.25) is 5.43 Å². The largest absolute Gasteiger partial charge is 0.744 e. The Morgan fingerprint density at radius 2 is 1.45 bits per heavy atom. The molecule has 1 heterocycles. The van der Waals surface area contributed by atoms with Crippen molar-refractivity contribution in [1.82, 2.24) is 4.98 Å². The number of halogens is 1. The second-order valence-corrected chi connectivity index (χ2v) is 11.3. The van der Waals surface area contributed by atoms with Crippen LogP contribution in [0.5, 0.6) is 0 Å². The quantitative estimate of drug-likeness (QED) is 0.308. The number of aromatic amines is 1. The third kappa shape index (κ3) is 6.03. The van der Waals surface area contributed by atoms with Crippen LogP contribution in [-0.2, 0) is 10.1 Å². The molecule has 160 valence electrons. The molecule has 0 saturated carbocycles. The van der Waals surface area contributed by atoms with Crippen LogP contribution < -0.4 is 26.6 Å². The fourth-order valence-corrected chi connectivity index (χ4v) is 5.85. The van der Waals surface area contributed by atoms with E-state index in [1.54, 1.807) is 12.1 Å². The van der Waals surface area contributed by atoms with Crippen LogP contribution in [0.4, 0.5) is 0 Å². The Balaban J connectivity index is 0.000000210. The lowest BCUT2D eigenvalue weighted by atomic mass is 10.1. The number of pyridine rings is 1. The molecule has 1 N–H and O–H groups in total. The minimum Gasteiger partial charge on any atom is -0.744 e. The van der Waals surface area contributed by atoms with E-state index in [0.29, 0.717) is 0 Å². The van der Waals surface area contributed by atoms with Gasteiger partial charge in [-0.25, -0.2) is 8.42 Å². The van der Waals surface area contributed by atoms with Gasteiger partial charge in [-0.15, -0.1) is 0 Å². The van der Waals surface area contributed by atoms with Crippen LogP contribution in [0.3, 0.4) is 0 Å². The molecule has 0 aliphatic heterocycles. The van der Waals surface area contributed by atoms with E-state index >= 15 is 0 Å². The molecule has 0 bridgehead atoms. The Hall–Kier alpha value is -2.49. The van der Waals surface area contributed by atoms with Crippen LogP contribution in [0.2, 0.25) is 0 Å². The third-order valence-electron chi connectivity index (χ3n) is 4.52. The molecule has 7 heteroatoms. The SMILES string of the molecule is Cc1ccc(S(=O)(=O)[O-])cc1.Cc1ccc2[nH]c(C)c([I+]c3ccccc3)c(=O)c2c1. The summed E-state index contributed by atoms with van der Waals surface area (Å²) >= 11 is -0.443. The van der Waals surface area contributed by atoms with Gasteiger partial charge >= 0.3 is 21.2 Å². The number of fused-ring (bicyclic) bond motifs is 1. The van der Waals surface area contributed by atoms with E-state index in [1.807, 2.05) is 57.2 Å². The van der Waals surface area contributed by atoms with Crippen molar-refractivity contribution in [1.29, 1.82) is 0 Å². The Kier molecular flexibility index (Phi) is 7.30. The van der Waals surface area contributed by atoms with Gasteiger partial charge in [0.1, 0.15) is 10.1 Å². The first-order valence-corrected chi connectivity index (χ1v) is 13.1. The van der Waals surface area contributed by atoms with Crippen LogP contribution in [0.15, 0.2) is 82.5 Å². The number of aryl methyl sites for hydroxylation is 3. The zero-order chi connectivity index (χ0) is 22.6. The Morgan fingerprint density at radius 3 is 2.06 bits per heavy atom.